The van der Waals surface area contributed by atoms with E-state index in [4.69, 9.17) is 0 Å². The second-order valence-corrected chi connectivity index (χ2v) is 5.62. The number of fused-ring (bicyclic) bond motifs is 1. The van der Waals surface area contributed by atoms with Crippen molar-refractivity contribution in [2.45, 2.75) is 38.3 Å². The Hall–Kier alpha value is -1.85. The second kappa shape index (κ2) is 5.64. The highest BCUT2D eigenvalue weighted by Crippen LogP contribution is 2.25. The first kappa shape index (κ1) is 13.1. The molecule has 2 saturated heterocycles. The molecular weight excluding hydrogens is 256 g/mol. The first-order valence-electron chi connectivity index (χ1n) is 7.27. The highest BCUT2D eigenvalue weighted by molar-refractivity contribution is 5.78. The van der Waals surface area contributed by atoms with Crippen molar-refractivity contribution in [3.05, 3.63) is 18.5 Å². The van der Waals surface area contributed by atoms with Crippen LogP contribution in [0.25, 0.3) is 0 Å². The molecule has 1 aromatic rings. The fourth-order valence-electron chi connectivity index (χ4n) is 3.14. The van der Waals surface area contributed by atoms with Gasteiger partial charge in [-0.05, 0) is 24.8 Å². The highest BCUT2D eigenvalue weighted by Gasteiger charge is 2.34. The van der Waals surface area contributed by atoms with Crippen LogP contribution >= 0.6 is 0 Å². The summed E-state index contributed by atoms with van der Waals surface area (Å²) < 4.78 is 1.78. The lowest BCUT2D eigenvalue weighted by Gasteiger charge is -2.41. The van der Waals surface area contributed by atoms with Gasteiger partial charge in [0.1, 0.15) is 0 Å². The van der Waals surface area contributed by atoms with E-state index < -0.39 is 0 Å². The maximum absolute atomic E-state index is 12.2. The third-order valence-electron chi connectivity index (χ3n) is 4.29. The van der Waals surface area contributed by atoms with Crippen molar-refractivity contribution in [2.24, 2.45) is 5.92 Å². The highest BCUT2D eigenvalue weighted by atomic mass is 16.2. The number of piperidine rings is 2. The predicted octanol–water partition coefficient (Wildman–Crippen LogP) is 0.400. The molecular formula is C14H20N4O2. The smallest absolute Gasteiger partial charge is 0.224 e. The summed E-state index contributed by atoms with van der Waals surface area (Å²) >= 11 is 0. The van der Waals surface area contributed by atoms with E-state index in [0.29, 0.717) is 25.3 Å². The van der Waals surface area contributed by atoms with E-state index in [9.17, 15) is 9.59 Å². The largest absolute Gasteiger partial charge is 0.353 e. The fourth-order valence-corrected chi connectivity index (χ4v) is 3.14. The van der Waals surface area contributed by atoms with E-state index in [1.54, 1.807) is 10.9 Å². The number of likely N-dealkylation sites (tertiary alicyclic amines) is 1. The Balaban J connectivity index is 1.51. The zero-order valence-electron chi connectivity index (χ0n) is 11.5. The van der Waals surface area contributed by atoms with Crippen LogP contribution in [-0.2, 0) is 16.1 Å². The van der Waals surface area contributed by atoms with Gasteiger partial charge in [-0.2, -0.15) is 5.10 Å². The fraction of sp³-hybridized carbons (Fsp3) is 0.643. The summed E-state index contributed by atoms with van der Waals surface area (Å²) in [4.78, 5) is 25.5. The minimum Gasteiger partial charge on any atom is -0.353 e. The lowest BCUT2D eigenvalue weighted by Crippen LogP contribution is -2.55. The van der Waals surface area contributed by atoms with Gasteiger partial charge >= 0.3 is 0 Å². The molecule has 0 saturated carbocycles. The molecule has 2 unspecified atom stereocenters. The Kier molecular flexibility index (Phi) is 3.71. The van der Waals surface area contributed by atoms with Gasteiger partial charge in [0.25, 0.3) is 0 Å². The molecule has 6 heteroatoms. The average Bonchev–Trinajstić information content (AvgIpc) is 2.97. The normalized spacial score (nSPS) is 26.0. The summed E-state index contributed by atoms with van der Waals surface area (Å²) in [5, 5.41) is 7.15. The Morgan fingerprint density at radius 1 is 1.45 bits per heavy atom. The molecule has 20 heavy (non-hydrogen) atoms. The van der Waals surface area contributed by atoms with E-state index in [2.05, 4.69) is 10.4 Å². The van der Waals surface area contributed by atoms with Crippen LogP contribution in [0.4, 0.5) is 0 Å². The van der Waals surface area contributed by atoms with E-state index in [-0.39, 0.29) is 17.9 Å². The molecule has 3 rings (SSSR count). The quantitative estimate of drug-likeness (QED) is 0.869. The molecule has 2 amide bonds. The number of carbonyl (C=O) groups excluding carboxylic acids is 2. The summed E-state index contributed by atoms with van der Waals surface area (Å²) in [6.45, 7) is 2.16. The molecule has 0 radical (unpaired) electrons. The third kappa shape index (κ3) is 2.84. The molecule has 2 atom stereocenters. The monoisotopic (exact) mass is 276 g/mol. The van der Waals surface area contributed by atoms with Crippen LogP contribution in [0, 0.1) is 5.92 Å². The van der Waals surface area contributed by atoms with Gasteiger partial charge in [0.15, 0.2) is 0 Å². The summed E-state index contributed by atoms with van der Waals surface area (Å²) in [7, 11) is 0. The van der Waals surface area contributed by atoms with Gasteiger partial charge in [-0.25, -0.2) is 0 Å². The lowest BCUT2D eigenvalue weighted by molar-refractivity contribution is -0.135. The van der Waals surface area contributed by atoms with Gasteiger partial charge in [-0.3, -0.25) is 14.3 Å². The molecule has 0 spiro atoms. The summed E-state index contributed by atoms with van der Waals surface area (Å²) in [6, 6.07) is 2.13. The van der Waals surface area contributed by atoms with Gasteiger partial charge in [0.2, 0.25) is 11.8 Å². The maximum atomic E-state index is 12.2. The van der Waals surface area contributed by atoms with Crippen LogP contribution in [0.1, 0.15) is 25.7 Å². The Morgan fingerprint density at radius 3 is 3.15 bits per heavy atom. The van der Waals surface area contributed by atoms with E-state index in [1.165, 1.54) is 0 Å². The zero-order chi connectivity index (χ0) is 13.9. The molecule has 0 bridgehead atoms. The Bertz CT molecular complexity index is 485. The van der Waals surface area contributed by atoms with Crippen LogP contribution in [0.5, 0.6) is 0 Å². The van der Waals surface area contributed by atoms with E-state index in [1.807, 2.05) is 17.2 Å². The molecule has 2 aliphatic rings. The summed E-state index contributed by atoms with van der Waals surface area (Å²) in [5.74, 6) is 0.774. The summed E-state index contributed by atoms with van der Waals surface area (Å²) in [6.07, 6.45) is 6.46. The van der Waals surface area contributed by atoms with Crippen LogP contribution < -0.4 is 5.32 Å². The number of amides is 2. The van der Waals surface area contributed by atoms with Crippen molar-refractivity contribution in [1.29, 1.82) is 0 Å². The number of nitrogens with zero attached hydrogens (tertiary/aromatic N) is 3. The van der Waals surface area contributed by atoms with Crippen molar-refractivity contribution < 1.29 is 9.59 Å². The average molecular weight is 276 g/mol. The van der Waals surface area contributed by atoms with Crippen molar-refractivity contribution >= 4 is 11.8 Å². The molecule has 3 heterocycles. The molecule has 1 N–H and O–H groups in total. The van der Waals surface area contributed by atoms with Crippen LogP contribution in [0.15, 0.2) is 18.5 Å². The number of aryl methyl sites for hydroxylation is 1. The van der Waals surface area contributed by atoms with Crippen molar-refractivity contribution in [1.82, 2.24) is 20.0 Å². The molecule has 2 fully saturated rings. The van der Waals surface area contributed by atoms with Gasteiger partial charge in [-0.1, -0.05) is 0 Å². The van der Waals surface area contributed by atoms with Crippen molar-refractivity contribution in [3.8, 4) is 0 Å². The molecule has 0 aromatic carbocycles. The van der Waals surface area contributed by atoms with Gasteiger partial charge in [0.05, 0.1) is 0 Å². The molecule has 108 valence electrons. The van der Waals surface area contributed by atoms with Crippen LogP contribution in [0.2, 0.25) is 0 Å². The topological polar surface area (TPSA) is 67.2 Å². The number of rotatable bonds is 3. The second-order valence-electron chi connectivity index (χ2n) is 5.62. The first-order chi connectivity index (χ1) is 9.72. The van der Waals surface area contributed by atoms with Crippen molar-refractivity contribution in [3.63, 3.8) is 0 Å². The number of carbonyl (C=O) groups is 2. The number of nitrogens with one attached hydrogen (secondary N) is 1. The molecule has 6 nitrogen and oxygen atoms in total. The van der Waals surface area contributed by atoms with Crippen LogP contribution in [-0.4, -0.2) is 45.6 Å². The van der Waals surface area contributed by atoms with Gasteiger partial charge in [0, 0.05) is 50.9 Å². The van der Waals surface area contributed by atoms with E-state index >= 15 is 0 Å². The number of hydrogen-bond acceptors (Lipinski definition) is 3. The maximum Gasteiger partial charge on any atom is 0.224 e. The summed E-state index contributed by atoms with van der Waals surface area (Å²) in [5.41, 5.74) is 0. The zero-order valence-corrected chi connectivity index (χ0v) is 11.5. The molecule has 0 aliphatic carbocycles. The van der Waals surface area contributed by atoms with Gasteiger partial charge in [-0.15, -0.1) is 0 Å². The minimum atomic E-state index is 0.157. The molecule has 1 aromatic heterocycles. The standard InChI is InChI=1S/C14H20N4O2/c19-13-3-2-11-10-17(8-4-12(11)16-13)14(20)5-9-18-7-1-6-15-18/h1,6-7,11-12H,2-5,8-10H2,(H,16,19). The Morgan fingerprint density at radius 2 is 2.35 bits per heavy atom. The third-order valence-corrected chi connectivity index (χ3v) is 4.29. The predicted molar refractivity (Wildman–Crippen MR) is 72.7 cm³/mol. The number of aromatic nitrogens is 2. The van der Waals surface area contributed by atoms with Crippen molar-refractivity contribution in [2.75, 3.05) is 13.1 Å². The SMILES string of the molecule is O=C1CCC2CN(C(=O)CCn3cccn3)CCC2N1. The van der Waals surface area contributed by atoms with E-state index in [0.717, 1.165) is 25.9 Å². The molecule has 2 aliphatic heterocycles. The lowest BCUT2D eigenvalue weighted by atomic mass is 9.85. The minimum absolute atomic E-state index is 0.157. The van der Waals surface area contributed by atoms with Gasteiger partial charge < -0.3 is 10.2 Å². The first-order valence-corrected chi connectivity index (χ1v) is 7.27. The van der Waals surface area contributed by atoms with Crippen LogP contribution in [0.3, 0.4) is 0 Å². The Labute approximate surface area is 118 Å². The number of hydrogen-bond donors (Lipinski definition) is 1.